The Kier molecular flexibility index (Phi) is 2.76. The Balaban J connectivity index is 2.46. The molecule has 3 rings (SSSR count). The predicted molar refractivity (Wildman–Crippen MR) is 77.0 cm³/mol. The minimum atomic E-state index is -3.43. The molecular formula is C14H12N2O3S. The first-order valence-electron chi connectivity index (χ1n) is 5.97. The zero-order chi connectivity index (χ0) is 14.3. The van der Waals surface area contributed by atoms with E-state index in [2.05, 4.69) is 4.98 Å². The summed E-state index contributed by atoms with van der Waals surface area (Å²) in [5.41, 5.74) is 0.638. The molecule has 0 fully saturated rings. The van der Waals surface area contributed by atoms with Crippen LogP contribution in [0.3, 0.4) is 0 Å². The Morgan fingerprint density at radius 2 is 1.80 bits per heavy atom. The summed E-state index contributed by atoms with van der Waals surface area (Å²) in [7, 11) is -3.43. The summed E-state index contributed by atoms with van der Waals surface area (Å²) in [5.74, 6) is 0. The molecule has 0 saturated heterocycles. The number of sulfone groups is 1. The number of nitrogens with one attached hydrogen (secondary N) is 1. The third kappa shape index (κ3) is 1.94. The number of hydrogen-bond acceptors (Lipinski definition) is 3. The Morgan fingerprint density at radius 3 is 2.45 bits per heavy atom. The quantitative estimate of drug-likeness (QED) is 0.780. The summed E-state index contributed by atoms with van der Waals surface area (Å²) in [6, 6.07) is 10.5. The second-order valence-electron chi connectivity index (χ2n) is 4.54. The van der Waals surface area contributed by atoms with Crippen LogP contribution in [0.2, 0.25) is 0 Å². The monoisotopic (exact) mass is 288 g/mol. The van der Waals surface area contributed by atoms with Crippen LogP contribution in [0.25, 0.3) is 16.6 Å². The van der Waals surface area contributed by atoms with Gasteiger partial charge in [0.1, 0.15) is 5.52 Å². The molecule has 2 heterocycles. The van der Waals surface area contributed by atoms with Crippen molar-refractivity contribution in [2.45, 2.75) is 4.90 Å². The lowest BCUT2D eigenvalue weighted by Crippen LogP contribution is -2.20. The van der Waals surface area contributed by atoms with Crippen LogP contribution in [-0.4, -0.2) is 24.2 Å². The Morgan fingerprint density at radius 1 is 1.10 bits per heavy atom. The molecule has 102 valence electrons. The SMILES string of the molecule is CS(=O)(=O)c1cn(-c2ccccc2)c(=O)c2[nH]ccc12. The molecule has 0 amide bonds. The van der Waals surface area contributed by atoms with E-state index < -0.39 is 9.84 Å². The normalized spacial score (nSPS) is 11.8. The van der Waals surface area contributed by atoms with Gasteiger partial charge in [0.2, 0.25) is 0 Å². The zero-order valence-electron chi connectivity index (χ0n) is 10.7. The van der Waals surface area contributed by atoms with Gasteiger partial charge < -0.3 is 4.98 Å². The van der Waals surface area contributed by atoms with Crippen molar-refractivity contribution in [2.75, 3.05) is 6.26 Å². The minimum absolute atomic E-state index is 0.136. The van der Waals surface area contributed by atoms with Crippen LogP contribution in [0.15, 0.2) is 58.5 Å². The van der Waals surface area contributed by atoms with Crippen molar-refractivity contribution in [2.24, 2.45) is 0 Å². The molecule has 1 aromatic carbocycles. The van der Waals surface area contributed by atoms with Crippen molar-refractivity contribution < 1.29 is 8.42 Å². The number of nitrogens with zero attached hydrogens (tertiary/aromatic N) is 1. The molecule has 0 atom stereocenters. The number of aromatic amines is 1. The van der Waals surface area contributed by atoms with E-state index in [-0.39, 0.29) is 16.0 Å². The Labute approximate surface area is 115 Å². The highest BCUT2D eigenvalue weighted by molar-refractivity contribution is 7.91. The first-order chi connectivity index (χ1) is 9.48. The topological polar surface area (TPSA) is 71.9 Å². The van der Waals surface area contributed by atoms with Gasteiger partial charge in [-0.3, -0.25) is 9.36 Å². The fourth-order valence-corrected chi connectivity index (χ4v) is 3.06. The summed E-state index contributed by atoms with van der Waals surface area (Å²) in [6.45, 7) is 0. The molecule has 0 aliphatic heterocycles. The fourth-order valence-electron chi connectivity index (χ4n) is 2.19. The number of H-pyrrole nitrogens is 1. The lowest BCUT2D eigenvalue weighted by Gasteiger charge is -2.09. The van der Waals surface area contributed by atoms with Crippen LogP contribution in [-0.2, 0) is 9.84 Å². The highest BCUT2D eigenvalue weighted by atomic mass is 32.2. The van der Waals surface area contributed by atoms with Crippen molar-refractivity contribution in [1.29, 1.82) is 0 Å². The molecule has 0 aliphatic rings. The average molecular weight is 288 g/mol. The van der Waals surface area contributed by atoms with Crippen LogP contribution in [0.4, 0.5) is 0 Å². The zero-order valence-corrected chi connectivity index (χ0v) is 11.5. The number of hydrogen-bond donors (Lipinski definition) is 1. The molecular weight excluding hydrogens is 276 g/mol. The fraction of sp³-hybridized carbons (Fsp3) is 0.0714. The number of rotatable bonds is 2. The van der Waals surface area contributed by atoms with Crippen LogP contribution in [0.1, 0.15) is 0 Å². The van der Waals surface area contributed by atoms with Crippen molar-refractivity contribution in [3.05, 3.63) is 59.1 Å². The summed E-state index contributed by atoms with van der Waals surface area (Å²) < 4.78 is 25.2. The molecule has 0 saturated carbocycles. The van der Waals surface area contributed by atoms with Crippen molar-refractivity contribution >= 4 is 20.7 Å². The van der Waals surface area contributed by atoms with Crippen LogP contribution in [0, 0.1) is 0 Å². The molecule has 3 aromatic rings. The lowest BCUT2D eigenvalue weighted by atomic mass is 10.3. The smallest absolute Gasteiger partial charge is 0.279 e. The van der Waals surface area contributed by atoms with Crippen molar-refractivity contribution in [3.63, 3.8) is 0 Å². The van der Waals surface area contributed by atoms with Crippen LogP contribution >= 0.6 is 0 Å². The number of benzene rings is 1. The minimum Gasteiger partial charge on any atom is -0.357 e. The number of aromatic nitrogens is 2. The van der Waals surface area contributed by atoms with Gasteiger partial charge in [-0.05, 0) is 18.2 Å². The van der Waals surface area contributed by atoms with Gasteiger partial charge in [-0.15, -0.1) is 0 Å². The molecule has 0 aliphatic carbocycles. The van der Waals surface area contributed by atoms with E-state index in [1.165, 1.54) is 10.8 Å². The van der Waals surface area contributed by atoms with Gasteiger partial charge in [0, 0.05) is 29.7 Å². The maximum Gasteiger partial charge on any atom is 0.279 e. The molecule has 0 unspecified atom stereocenters. The molecule has 1 N–H and O–H groups in total. The average Bonchev–Trinajstić information content (AvgIpc) is 2.88. The Hall–Kier alpha value is -2.34. The maximum absolute atomic E-state index is 12.4. The van der Waals surface area contributed by atoms with Gasteiger partial charge in [-0.2, -0.15) is 0 Å². The summed E-state index contributed by atoms with van der Waals surface area (Å²) in [6.07, 6.45) is 4.08. The molecule has 20 heavy (non-hydrogen) atoms. The molecule has 6 heteroatoms. The largest absolute Gasteiger partial charge is 0.357 e. The highest BCUT2D eigenvalue weighted by Crippen LogP contribution is 2.20. The van der Waals surface area contributed by atoms with Gasteiger partial charge in [0.25, 0.3) is 5.56 Å². The van der Waals surface area contributed by atoms with Gasteiger partial charge in [0.05, 0.1) is 4.90 Å². The third-order valence-corrected chi connectivity index (χ3v) is 4.25. The summed E-state index contributed by atoms with van der Waals surface area (Å²) in [4.78, 5) is 15.4. The maximum atomic E-state index is 12.4. The van der Waals surface area contributed by atoms with E-state index in [1.54, 1.807) is 36.5 Å². The molecule has 0 bridgehead atoms. The first kappa shape index (κ1) is 12.7. The van der Waals surface area contributed by atoms with Crippen molar-refractivity contribution in [1.82, 2.24) is 9.55 Å². The molecule has 2 aromatic heterocycles. The van der Waals surface area contributed by atoms with E-state index in [0.717, 1.165) is 6.26 Å². The molecule has 5 nitrogen and oxygen atoms in total. The Bertz CT molecular complexity index is 937. The van der Waals surface area contributed by atoms with Gasteiger partial charge in [-0.25, -0.2) is 8.42 Å². The first-order valence-corrected chi connectivity index (χ1v) is 7.86. The van der Waals surface area contributed by atoms with E-state index >= 15 is 0 Å². The second-order valence-corrected chi connectivity index (χ2v) is 6.53. The van der Waals surface area contributed by atoms with E-state index in [9.17, 15) is 13.2 Å². The third-order valence-electron chi connectivity index (χ3n) is 3.13. The number of para-hydroxylation sites is 1. The predicted octanol–water partition coefficient (Wildman–Crippen LogP) is 1.72. The standard InChI is InChI=1S/C14H12N2O3S/c1-20(18,19)12-9-16(10-5-3-2-4-6-10)14(17)13-11(12)7-8-15-13/h2-9,15H,1H3. The number of pyridine rings is 1. The lowest BCUT2D eigenvalue weighted by molar-refractivity contribution is 0.602. The summed E-state index contributed by atoms with van der Waals surface area (Å²) >= 11 is 0. The van der Waals surface area contributed by atoms with Crippen LogP contribution < -0.4 is 5.56 Å². The van der Waals surface area contributed by atoms with E-state index in [4.69, 9.17) is 0 Å². The van der Waals surface area contributed by atoms with Gasteiger partial charge >= 0.3 is 0 Å². The second kappa shape index (κ2) is 4.35. The van der Waals surface area contributed by atoms with Crippen LogP contribution in [0.5, 0.6) is 0 Å². The van der Waals surface area contributed by atoms with Gasteiger partial charge in [0.15, 0.2) is 9.84 Å². The van der Waals surface area contributed by atoms with E-state index in [0.29, 0.717) is 11.1 Å². The van der Waals surface area contributed by atoms with Gasteiger partial charge in [-0.1, -0.05) is 18.2 Å². The summed E-state index contributed by atoms with van der Waals surface area (Å²) in [5, 5.41) is 0.421. The molecule has 0 radical (unpaired) electrons. The highest BCUT2D eigenvalue weighted by Gasteiger charge is 2.17. The number of fused-ring (bicyclic) bond motifs is 1. The van der Waals surface area contributed by atoms with E-state index in [1.807, 2.05) is 6.07 Å². The van der Waals surface area contributed by atoms with Crippen molar-refractivity contribution in [3.8, 4) is 5.69 Å². The molecule has 0 spiro atoms.